The Morgan fingerprint density at radius 3 is 2.24 bits per heavy atom. The van der Waals surface area contributed by atoms with Crippen LogP contribution < -0.4 is 5.32 Å². The Balaban J connectivity index is 1.56. The lowest BCUT2D eigenvalue weighted by atomic mass is 9.80. The largest absolute Gasteiger partial charge is 0.314 e. The second kappa shape index (κ2) is 5.64. The fraction of sp³-hybridized carbons (Fsp3) is 1.00. The van der Waals surface area contributed by atoms with Gasteiger partial charge >= 0.3 is 0 Å². The van der Waals surface area contributed by atoms with Crippen LogP contribution in [-0.4, -0.2) is 18.5 Å². The van der Waals surface area contributed by atoms with Crippen molar-refractivity contribution >= 4 is 0 Å². The minimum Gasteiger partial charge on any atom is -0.314 e. The fourth-order valence-corrected chi connectivity index (χ4v) is 3.33. The Hall–Kier alpha value is -0.180. The molecule has 2 aliphatic rings. The second-order valence-corrected chi connectivity index (χ2v) is 6.04. The second-order valence-electron chi connectivity index (χ2n) is 6.04. The van der Waals surface area contributed by atoms with E-state index in [1.165, 1.54) is 38.5 Å². The number of hydrogen-bond donors (Lipinski definition) is 1. The molecule has 2 fully saturated rings. The third-order valence-corrected chi connectivity index (χ3v) is 4.41. The van der Waals surface area contributed by atoms with Gasteiger partial charge in [-0.2, -0.15) is 0 Å². The van der Waals surface area contributed by atoms with Gasteiger partial charge in [0.1, 0.15) is 0 Å². The zero-order chi connectivity index (χ0) is 12.3. The minimum atomic E-state index is -2.36. The molecule has 0 saturated heterocycles. The van der Waals surface area contributed by atoms with Crippen LogP contribution in [0, 0.1) is 11.8 Å². The van der Waals surface area contributed by atoms with Crippen molar-refractivity contribution in [3.05, 3.63) is 0 Å². The van der Waals surface area contributed by atoms with Crippen molar-refractivity contribution < 1.29 is 8.78 Å². The van der Waals surface area contributed by atoms with Gasteiger partial charge in [0.15, 0.2) is 0 Å². The first-order valence-electron chi connectivity index (χ1n) is 7.20. The van der Waals surface area contributed by atoms with Gasteiger partial charge in [-0.3, -0.25) is 0 Å². The summed E-state index contributed by atoms with van der Waals surface area (Å²) in [6.07, 6.45) is 8.00. The van der Waals surface area contributed by atoms with Crippen molar-refractivity contribution in [2.75, 3.05) is 6.54 Å². The topological polar surface area (TPSA) is 12.0 Å². The van der Waals surface area contributed by atoms with Gasteiger partial charge in [0.05, 0.1) is 0 Å². The van der Waals surface area contributed by atoms with E-state index in [1.54, 1.807) is 0 Å². The summed E-state index contributed by atoms with van der Waals surface area (Å²) < 4.78 is 25.3. The average molecular weight is 245 g/mol. The van der Waals surface area contributed by atoms with Crippen LogP contribution in [0.5, 0.6) is 0 Å². The van der Waals surface area contributed by atoms with Gasteiger partial charge in [0.25, 0.3) is 0 Å². The predicted molar refractivity (Wildman–Crippen MR) is 66.3 cm³/mol. The molecule has 0 aromatic heterocycles. The molecule has 17 heavy (non-hydrogen) atoms. The first kappa shape index (κ1) is 13.3. The molecule has 0 heterocycles. The van der Waals surface area contributed by atoms with E-state index in [2.05, 4.69) is 12.2 Å². The predicted octanol–water partition coefficient (Wildman–Crippen LogP) is 3.98. The van der Waals surface area contributed by atoms with Crippen LogP contribution in [0.2, 0.25) is 0 Å². The van der Waals surface area contributed by atoms with Gasteiger partial charge in [-0.1, -0.05) is 19.8 Å². The smallest absolute Gasteiger partial charge is 0.248 e. The first-order chi connectivity index (χ1) is 8.09. The van der Waals surface area contributed by atoms with Gasteiger partial charge in [-0.15, -0.1) is 0 Å². The Bertz CT molecular complexity index is 226. The van der Waals surface area contributed by atoms with Gasteiger partial charge in [-0.25, -0.2) is 8.78 Å². The SMILES string of the molecule is CCCC1CCC(NCC2CC(F)(F)C2)CC1. The van der Waals surface area contributed by atoms with Gasteiger partial charge in [0, 0.05) is 18.9 Å². The summed E-state index contributed by atoms with van der Waals surface area (Å²) in [5, 5.41) is 3.49. The van der Waals surface area contributed by atoms with Crippen molar-refractivity contribution in [1.29, 1.82) is 0 Å². The van der Waals surface area contributed by atoms with Crippen molar-refractivity contribution in [2.24, 2.45) is 11.8 Å². The summed E-state index contributed by atoms with van der Waals surface area (Å²) in [5.41, 5.74) is 0. The van der Waals surface area contributed by atoms with Crippen molar-refractivity contribution in [2.45, 2.75) is 70.3 Å². The summed E-state index contributed by atoms with van der Waals surface area (Å²) in [4.78, 5) is 0. The maximum atomic E-state index is 12.7. The zero-order valence-electron chi connectivity index (χ0n) is 10.9. The van der Waals surface area contributed by atoms with Crippen LogP contribution in [0.4, 0.5) is 8.78 Å². The van der Waals surface area contributed by atoms with Crippen LogP contribution >= 0.6 is 0 Å². The highest BCUT2D eigenvalue weighted by atomic mass is 19.3. The molecule has 2 aliphatic carbocycles. The average Bonchev–Trinajstić information content (AvgIpc) is 2.26. The number of hydrogen-bond acceptors (Lipinski definition) is 1. The molecule has 1 N–H and O–H groups in total. The quantitative estimate of drug-likeness (QED) is 0.772. The van der Waals surface area contributed by atoms with E-state index in [4.69, 9.17) is 0 Å². The van der Waals surface area contributed by atoms with Crippen LogP contribution in [-0.2, 0) is 0 Å². The highest BCUT2D eigenvalue weighted by molar-refractivity contribution is 4.88. The lowest BCUT2D eigenvalue weighted by Crippen LogP contribution is -2.44. The molecular formula is C14H25F2N. The van der Waals surface area contributed by atoms with Gasteiger partial charge < -0.3 is 5.32 Å². The van der Waals surface area contributed by atoms with E-state index in [1.807, 2.05) is 0 Å². The molecule has 0 amide bonds. The first-order valence-corrected chi connectivity index (χ1v) is 7.20. The van der Waals surface area contributed by atoms with Crippen molar-refractivity contribution in [3.63, 3.8) is 0 Å². The summed E-state index contributed by atoms with van der Waals surface area (Å²) in [6.45, 7) is 3.06. The van der Waals surface area contributed by atoms with E-state index in [-0.39, 0.29) is 18.8 Å². The van der Waals surface area contributed by atoms with Crippen LogP contribution in [0.1, 0.15) is 58.3 Å². The summed E-state index contributed by atoms with van der Waals surface area (Å²) in [5.74, 6) is -1.21. The Morgan fingerprint density at radius 1 is 1.06 bits per heavy atom. The third kappa shape index (κ3) is 3.90. The summed E-state index contributed by atoms with van der Waals surface area (Å²) in [7, 11) is 0. The van der Waals surface area contributed by atoms with Gasteiger partial charge in [0.2, 0.25) is 5.92 Å². The van der Waals surface area contributed by atoms with Gasteiger partial charge in [-0.05, 0) is 44.1 Å². The van der Waals surface area contributed by atoms with E-state index in [0.717, 1.165) is 12.5 Å². The Morgan fingerprint density at radius 2 is 1.71 bits per heavy atom. The highest BCUT2D eigenvalue weighted by Crippen LogP contribution is 2.42. The lowest BCUT2D eigenvalue weighted by Gasteiger charge is -2.37. The lowest BCUT2D eigenvalue weighted by molar-refractivity contribution is -0.109. The third-order valence-electron chi connectivity index (χ3n) is 4.41. The summed E-state index contributed by atoms with van der Waals surface area (Å²) in [6, 6.07) is 0.595. The number of rotatable bonds is 5. The number of alkyl halides is 2. The Kier molecular flexibility index (Phi) is 4.40. The fourth-order valence-electron chi connectivity index (χ4n) is 3.33. The molecule has 0 radical (unpaired) electrons. The van der Waals surface area contributed by atoms with E-state index < -0.39 is 5.92 Å². The highest BCUT2D eigenvalue weighted by Gasteiger charge is 2.44. The van der Waals surface area contributed by atoms with E-state index in [9.17, 15) is 8.78 Å². The summed E-state index contributed by atoms with van der Waals surface area (Å²) >= 11 is 0. The molecule has 2 saturated carbocycles. The molecule has 0 spiro atoms. The molecule has 1 nitrogen and oxygen atoms in total. The van der Waals surface area contributed by atoms with Crippen molar-refractivity contribution in [3.8, 4) is 0 Å². The van der Waals surface area contributed by atoms with E-state index in [0.29, 0.717) is 6.04 Å². The molecule has 3 heteroatoms. The molecular weight excluding hydrogens is 220 g/mol. The van der Waals surface area contributed by atoms with Crippen molar-refractivity contribution in [1.82, 2.24) is 5.32 Å². The number of halogens is 2. The number of nitrogens with one attached hydrogen (secondary N) is 1. The van der Waals surface area contributed by atoms with Crippen LogP contribution in [0.3, 0.4) is 0 Å². The zero-order valence-corrected chi connectivity index (χ0v) is 10.9. The maximum absolute atomic E-state index is 12.7. The normalized spacial score (nSPS) is 33.4. The molecule has 0 bridgehead atoms. The molecule has 0 unspecified atom stereocenters. The molecule has 0 aromatic rings. The molecule has 0 aliphatic heterocycles. The molecule has 100 valence electrons. The molecule has 0 aromatic carbocycles. The minimum absolute atomic E-state index is 0.102. The van der Waals surface area contributed by atoms with E-state index >= 15 is 0 Å². The monoisotopic (exact) mass is 245 g/mol. The van der Waals surface area contributed by atoms with Crippen LogP contribution in [0.15, 0.2) is 0 Å². The van der Waals surface area contributed by atoms with Crippen LogP contribution in [0.25, 0.3) is 0 Å². The maximum Gasteiger partial charge on any atom is 0.248 e. The molecule has 2 rings (SSSR count). The molecule has 0 atom stereocenters. The standard InChI is InChI=1S/C14H25F2N/c1-2-3-11-4-6-13(7-5-11)17-10-12-8-14(15,16)9-12/h11-13,17H,2-10H2,1H3. The Labute approximate surface area is 103 Å².